The highest BCUT2D eigenvalue weighted by Gasteiger charge is 2.68. The molecule has 4 rings (SSSR count). The Hall–Kier alpha value is -3.28. The van der Waals surface area contributed by atoms with E-state index in [2.05, 4.69) is 4.98 Å². The summed E-state index contributed by atoms with van der Waals surface area (Å²) in [5, 5.41) is 0. The van der Waals surface area contributed by atoms with Gasteiger partial charge in [0.2, 0.25) is 5.88 Å². The Labute approximate surface area is 180 Å². The van der Waals surface area contributed by atoms with E-state index >= 15 is 0 Å². The molecule has 2 aliphatic heterocycles. The number of carbonyl (C=O) groups excluding carboxylic acids is 3. The fourth-order valence-electron chi connectivity index (χ4n) is 3.92. The molecule has 2 aliphatic rings. The van der Waals surface area contributed by atoms with Crippen LogP contribution in [0.3, 0.4) is 0 Å². The third kappa shape index (κ3) is 2.43. The summed E-state index contributed by atoms with van der Waals surface area (Å²) in [4.78, 5) is 69.7. The van der Waals surface area contributed by atoms with Crippen molar-refractivity contribution in [3.8, 4) is 5.88 Å². The van der Waals surface area contributed by atoms with E-state index in [-0.39, 0.29) is 28.4 Å². The van der Waals surface area contributed by atoms with Crippen LogP contribution in [0.1, 0.15) is 17.0 Å². The van der Waals surface area contributed by atoms with Gasteiger partial charge in [-0.25, -0.2) is 9.59 Å². The number of urea groups is 1. The van der Waals surface area contributed by atoms with Gasteiger partial charge in [-0.1, -0.05) is 0 Å². The number of pyridine rings is 1. The molecule has 158 valence electrons. The third-order valence-electron chi connectivity index (χ3n) is 5.45. The van der Waals surface area contributed by atoms with E-state index in [9.17, 15) is 24.0 Å². The molecule has 0 saturated carbocycles. The first-order valence-electron chi connectivity index (χ1n) is 8.63. The van der Waals surface area contributed by atoms with Crippen LogP contribution in [-0.4, -0.2) is 61.5 Å². The molecule has 1 atom stereocenters. The van der Waals surface area contributed by atoms with Gasteiger partial charge in [-0.2, -0.15) is 0 Å². The largest absolute Gasteiger partial charge is 0.450 e. The topological polar surface area (TPSA) is 124 Å². The zero-order valence-corrected chi connectivity index (χ0v) is 18.2. The predicted molar refractivity (Wildman–Crippen MR) is 108 cm³/mol. The molecule has 11 nitrogen and oxygen atoms in total. The molecule has 1 unspecified atom stereocenters. The quantitative estimate of drug-likeness (QED) is 0.498. The SMILES string of the molecule is Br.CN1C(=O)N(C)C(=O)C2(Oc3c(c(=O)n(C)c(=O)n3C)C2c2ccncc2)C1=O. The van der Waals surface area contributed by atoms with E-state index in [0.29, 0.717) is 5.56 Å². The maximum absolute atomic E-state index is 13.3. The van der Waals surface area contributed by atoms with Gasteiger partial charge in [0.05, 0.1) is 11.5 Å². The number of likely N-dealkylation sites (N-methyl/N-ethyl adjacent to an activating group) is 2. The summed E-state index contributed by atoms with van der Waals surface area (Å²) in [5.74, 6) is -3.20. The van der Waals surface area contributed by atoms with Crippen LogP contribution in [0.15, 0.2) is 34.1 Å². The first kappa shape index (κ1) is 21.4. The smallest absolute Gasteiger partial charge is 0.333 e. The molecule has 2 aromatic heterocycles. The zero-order valence-electron chi connectivity index (χ0n) is 16.5. The van der Waals surface area contributed by atoms with E-state index in [1.165, 1.54) is 40.6 Å². The molecular formula is C18H18BrN5O6. The average Bonchev–Trinajstić information content (AvgIpc) is 3.10. The Bertz CT molecular complexity index is 1180. The van der Waals surface area contributed by atoms with Crippen molar-refractivity contribution in [1.82, 2.24) is 23.9 Å². The highest BCUT2D eigenvalue weighted by atomic mass is 79.9. The molecule has 0 radical (unpaired) electrons. The van der Waals surface area contributed by atoms with Crippen LogP contribution in [0, 0.1) is 0 Å². The van der Waals surface area contributed by atoms with Crippen molar-refractivity contribution in [3.05, 3.63) is 56.5 Å². The number of imide groups is 2. The number of hydrogen-bond acceptors (Lipinski definition) is 7. The van der Waals surface area contributed by atoms with Crippen LogP contribution >= 0.6 is 17.0 Å². The number of fused-ring (bicyclic) bond motifs is 1. The second-order valence-electron chi connectivity index (χ2n) is 6.99. The van der Waals surface area contributed by atoms with Crippen LogP contribution < -0.4 is 16.0 Å². The number of amides is 4. The van der Waals surface area contributed by atoms with E-state index in [1.54, 1.807) is 12.1 Å². The van der Waals surface area contributed by atoms with Crippen LogP contribution in [0.25, 0.3) is 0 Å². The molecule has 12 heteroatoms. The Morgan fingerprint density at radius 2 is 1.43 bits per heavy atom. The number of rotatable bonds is 1. The molecule has 0 N–H and O–H groups in total. The monoisotopic (exact) mass is 479 g/mol. The Morgan fingerprint density at radius 1 is 0.900 bits per heavy atom. The molecule has 0 aliphatic carbocycles. The second kappa shape index (κ2) is 6.90. The molecule has 2 aromatic rings. The normalized spacial score (nSPS) is 19.6. The molecular weight excluding hydrogens is 462 g/mol. The van der Waals surface area contributed by atoms with E-state index in [4.69, 9.17) is 4.74 Å². The molecule has 4 heterocycles. The van der Waals surface area contributed by atoms with E-state index < -0.39 is 40.6 Å². The lowest BCUT2D eigenvalue weighted by atomic mass is 9.77. The Kier molecular flexibility index (Phi) is 4.93. The number of nitrogens with zero attached hydrogens (tertiary/aromatic N) is 5. The molecule has 1 spiro atoms. The van der Waals surface area contributed by atoms with Gasteiger partial charge in [0.15, 0.2) is 0 Å². The highest BCUT2D eigenvalue weighted by molar-refractivity contribution is 8.93. The van der Waals surface area contributed by atoms with Crippen molar-refractivity contribution in [2.24, 2.45) is 14.1 Å². The minimum Gasteiger partial charge on any atom is -0.450 e. The summed E-state index contributed by atoms with van der Waals surface area (Å²) in [5.41, 5.74) is -3.21. The lowest BCUT2D eigenvalue weighted by molar-refractivity contribution is -0.164. The van der Waals surface area contributed by atoms with Crippen molar-refractivity contribution >= 4 is 34.8 Å². The van der Waals surface area contributed by atoms with Crippen LogP contribution in [-0.2, 0) is 23.7 Å². The minimum absolute atomic E-state index is 0. The number of ether oxygens (including phenoxy) is 1. The van der Waals surface area contributed by atoms with Crippen LogP contribution in [0.2, 0.25) is 0 Å². The number of halogens is 1. The highest BCUT2D eigenvalue weighted by Crippen LogP contribution is 2.49. The van der Waals surface area contributed by atoms with Crippen molar-refractivity contribution in [1.29, 1.82) is 0 Å². The second-order valence-corrected chi connectivity index (χ2v) is 6.99. The van der Waals surface area contributed by atoms with Gasteiger partial charge in [0.1, 0.15) is 0 Å². The molecule has 1 fully saturated rings. The van der Waals surface area contributed by atoms with Gasteiger partial charge >= 0.3 is 11.7 Å². The van der Waals surface area contributed by atoms with Crippen molar-refractivity contribution in [2.45, 2.75) is 11.5 Å². The number of carbonyl (C=O) groups is 3. The maximum atomic E-state index is 13.3. The summed E-state index contributed by atoms with van der Waals surface area (Å²) >= 11 is 0. The van der Waals surface area contributed by atoms with Gasteiger partial charge in [-0.05, 0) is 17.7 Å². The van der Waals surface area contributed by atoms with Gasteiger partial charge in [-0.15, -0.1) is 17.0 Å². The Balaban J connectivity index is 0.00000256. The summed E-state index contributed by atoms with van der Waals surface area (Å²) in [6.07, 6.45) is 2.90. The summed E-state index contributed by atoms with van der Waals surface area (Å²) in [7, 11) is 5.12. The first-order valence-corrected chi connectivity index (χ1v) is 8.63. The van der Waals surface area contributed by atoms with E-state index in [0.717, 1.165) is 18.9 Å². The van der Waals surface area contributed by atoms with Gasteiger partial charge in [0, 0.05) is 40.6 Å². The fraction of sp³-hybridized carbons (Fsp3) is 0.333. The molecule has 0 aromatic carbocycles. The summed E-state index contributed by atoms with van der Waals surface area (Å²) in [6, 6.07) is 2.28. The van der Waals surface area contributed by atoms with Crippen molar-refractivity contribution in [2.75, 3.05) is 14.1 Å². The first-order chi connectivity index (χ1) is 13.6. The van der Waals surface area contributed by atoms with Crippen LogP contribution in [0.5, 0.6) is 5.88 Å². The van der Waals surface area contributed by atoms with Crippen molar-refractivity contribution in [3.63, 3.8) is 0 Å². The number of barbiturate groups is 1. The predicted octanol–water partition coefficient (Wildman–Crippen LogP) is -0.630. The number of hydrogen-bond donors (Lipinski definition) is 0. The standard InChI is InChI=1S/C18H17N5O6.BrH/c1-20-12(24)10-11(9-5-7-19-8-6-9)18(29-13(10)21(2)16(20)27)14(25)22(3)17(28)23(4)15(18)26;/h5-8,11H,1-4H3;1H. The summed E-state index contributed by atoms with van der Waals surface area (Å²) in [6.45, 7) is 0. The molecule has 1 saturated heterocycles. The molecule has 0 bridgehead atoms. The maximum Gasteiger partial charge on any atom is 0.333 e. The lowest BCUT2D eigenvalue weighted by Gasteiger charge is -2.41. The zero-order chi connectivity index (χ0) is 21.2. The minimum atomic E-state index is -2.24. The summed E-state index contributed by atoms with van der Waals surface area (Å²) < 4.78 is 7.81. The average molecular weight is 480 g/mol. The lowest BCUT2D eigenvalue weighted by Crippen LogP contribution is -2.70. The van der Waals surface area contributed by atoms with Gasteiger partial charge < -0.3 is 4.74 Å². The third-order valence-corrected chi connectivity index (χ3v) is 5.45. The molecule has 30 heavy (non-hydrogen) atoms. The Morgan fingerprint density at radius 3 is 1.97 bits per heavy atom. The van der Waals surface area contributed by atoms with E-state index in [1.807, 2.05) is 0 Å². The number of aromatic nitrogens is 3. The fourth-order valence-corrected chi connectivity index (χ4v) is 3.92. The van der Waals surface area contributed by atoms with Crippen LogP contribution in [0.4, 0.5) is 4.79 Å². The molecule has 4 amide bonds. The van der Waals surface area contributed by atoms with Gasteiger partial charge in [0.25, 0.3) is 23.0 Å². The van der Waals surface area contributed by atoms with Crippen molar-refractivity contribution < 1.29 is 19.1 Å². The van der Waals surface area contributed by atoms with Gasteiger partial charge in [-0.3, -0.25) is 38.3 Å².